The van der Waals surface area contributed by atoms with E-state index in [1.165, 1.54) is 12.3 Å². The van der Waals surface area contributed by atoms with E-state index in [9.17, 15) is 13.6 Å². The molecule has 1 unspecified atom stereocenters. The number of anilines is 1. The Morgan fingerprint density at radius 2 is 2.38 bits per heavy atom. The van der Waals surface area contributed by atoms with E-state index in [0.29, 0.717) is 12.3 Å². The highest BCUT2D eigenvalue weighted by atomic mass is 32.2. The number of rotatable bonds is 4. The molecular formula is C10H11N2O3S-. The molecule has 1 aliphatic rings. The van der Waals surface area contributed by atoms with E-state index < -0.39 is 11.1 Å². The van der Waals surface area contributed by atoms with Crippen LogP contribution in [0.3, 0.4) is 0 Å². The van der Waals surface area contributed by atoms with E-state index in [0.717, 1.165) is 12.8 Å². The SMILES string of the molecule is O=C(CC1CC1)Nc1cccnc1S(=O)[O-]. The molecule has 1 aromatic rings. The van der Waals surface area contributed by atoms with Crippen molar-refractivity contribution in [3.05, 3.63) is 18.3 Å². The van der Waals surface area contributed by atoms with Crippen LogP contribution in [0, 0.1) is 5.92 Å². The van der Waals surface area contributed by atoms with Crippen molar-refractivity contribution < 1.29 is 13.6 Å². The van der Waals surface area contributed by atoms with Crippen LogP contribution in [-0.2, 0) is 15.9 Å². The van der Waals surface area contributed by atoms with Crippen molar-refractivity contribution in [1.29, 1.82) is 0 Å². The third-order valence-electron chi connectivity index (χ3n) is 2.37. The van der Waals surface area contributed by atoms with Gasteiger partial charge in [-0.25, -0.2) is 4.98 Å². The Morgan fingerprint density at radius 3 is 3.00 bits per heavy atom. The maximum Gasteiger partial charge on any atom is 0.224 e. The average molecular weight is 239 g/mol. The summed E-state index contributed by atoms with van der Waals surface area (Å²) in [6, 6.07) is 3.12. The van der Waals surface area contributed by atoms with Crippen molar-refractivity contribution in [2.24, 2.45) is 5.92 Å². The molecule has 0 radical (unpaired) electrons. The lowest BCUT2D eigenvalue weighted by Crippen LogP contribution is -2.14. The summed E-state index contributed by atoms with van der Waals surface area (Å²) in [5.74, 6) is 0.320. The second kappa shape index (κ2) is 4.71. The number of nitrogens with one attached hydrogen (secondary N) is 1. The van der Waals surface area contributed by atoms with Crippen LogP contribution in [0.25, 0.3) is 0 Å². The van der Waals surface area contributed by atoms with Gasteiger partial charge in [-0.2, -0.15) is 0 Å². The lowest BCUT2D eigenvalue weighted by Gasteiger charge is -2.11. The molecule has 6 heteroatoms. The highest BCUT2D eigenvalue weighted by Crippen LogP contribution is 2.32. The van der Waals surface area contributed by atoms with E-state index in [1.807, 2.05) is 0 Å². The minimum Gasteiger partial charge on any atom is -0.767 e. The minimum atomic E-state index is -2.43. The fourth-order valence-electron chi connectivity index (χ4n) is 1.40. The van der Waals surface area contributed by atoms with Crippen molar-refractivity contribution in [2.75, 3.05) is 5.32 Å². The first-order valence-electron chi connectivity index (χ1n) is 5.01. The summed E-state index contributed by atoms with van der Waals surface area (Å²) in [6.07, 6.45) is 4.00. The highest BCUT2D eigenvalue weighted by molar-refractivity contribution is 7.79. The molecular weight excluding hydrogens is 228 g/mol. The van der Waals surface area contributed by atoms with Gasteiger partial charge in [-0.15, -0.1) is 0 Å². The molecule has 0 saturated heterocycles. The van der Waals surface area contributed by atoms with Crippen molar-refractivity contribution in [3.8, 4) is 0 Å². The molecule has 0 aromatic carbocycles. The molecule has 5 nitrogen and oxygen atoms in total. The molecule has 0 aliphatic heterocycles. The van der Waals surface area contributed by atoms with Crippen LogP contribution >= 0.6 is 0 Å². The maximum atomic E-state index is 11.5. The normalized spacial score (nSPS) is 16.8. The maximum absolute atomic E-state index is 11.5. The van der Waals surface area contributed by atoms with E-state index in [1.54, 1.807) is 6.07 Å². The Kier molecular flexibility index (Phi) is 3.31. The predicted molar refractivity (Wildman–Crippen MR) is 57.4 cm³/mol. The van der Waals surface area contributed by atoms with E-state index in [4.69, 9.17) is 0 Å². The Morgan fingerprint density at radius 1 is 1.62 bits per heavy atom. The molecule has 1 aliphatic carbocycles. The molecule has 16 heavy (non-hydrogen) atoms. The minimum absolute atomic E-state index is 0.119. The average Bonchev–Trinajstić information content (AvgIpc) is 3.02. The number of nitrogens with zero attached hydrogens (tertiary/aromatic N) is 1. The van der Waals surface area contributed by atoms with Crippen LogP contribution in [0.5, 0.6) is 0 Å². The van der Waals surface area contributed by atoms with Crippen LogP contribution in [0.4, 0.5) is 5.69 Å². The summed E-state index contributed by atoms with van der Waals surface area (Å²) in [5, 5.41) is 2.45. The van der Waals surface area contributed by atoms with Gasteiger partial charge >= 0.3 is 0 Å². The van der Waals surface area contributed by atoms with Crippen LogP contribution in [-0.4, -0.2) is 19.7 Å². The van der Waals surface area contributed by atoms with Crippen molar-refractivity contribution in [3.63, 3.8) is 0 Å². The zero-order valence-electron chi connectivity index (χ0n) is 8.51. The molecule has 1 amide bonds. The monoisotopic (exact) mass is 239 g/mol. The fourth-order valence-corrected chi connectivity index (χ4v) is 1.85. The topological polar surface area (TPSA) is 82.1 Å². The molecule has 1 aromatic heterocycles. The van der Waals surface area contributed by atoms with Gasteiger partial charge in [-0.05, 0) is 42.0 Å². The van der Waals surface area contributed by atoms with Crippen molar-refractivity contribution >= 4 is 22.7 Å². The lowest BCUT2D eigenvalue weighted by molar-refractivity contribution is -0.116. The van der Waals surface area contributed by atoms with Gasteiger partial charge in [0.1, 0.15) is 5.03 Å². The first-order chi connectivity index (χ1) is 7.66. The summed E-state index contributed by atoms with van der Waals surface area (Å²) < 4.78 is 21.6. The quantitative estimate of drug-likeness (QED) is 0.796. The number of carbonyl (C=O) groups is 1. The van der Waals surface area contributed by atoms with E-state index >= 15 is 0 Å². The molecule has 86 valence electrons. The van der Waals surface area contributed by atoms with Gasteiger partial charge in [0, 0.05) is 12.6 Å². The van der Waals surface area contributed by atoms with Crippen LogP contribution in [0.15, 0.2) is 23.4 Å². The summed E-state index contributed by atoms with van der Waals surface area (Å²) in [5.41, 5.74) is 0.251. The van der Waals surface area contributed by atoms with Crippen LogP contribution < -0.4 is 5.32 Å². The first kappa shape index (κ1) is 11.2. The van der Waals surface area contributed by atoms with Gasteiger partial charge in [-0.1, -0.05) is 0 Å². The first-order valence-corrected chi connectivity index (χ1v) is 6.08. The Bertz CT molecular complexity index is 432. The number of carbonyl (C=O) groups excluding carboxylic acids is 1. The second-order valence-corrected chi connectivity index (χ2v) is 4.64. The van der Waals surface area contributed by atoms with Gasteiger partial charge in [-0.3, -0.25) is 9.00 Å². The predicted octanol–water partition coefficient (Wildman–Crippen LogP) is 1.06. The van der Waals surface area contributed by atoms with Crippen molar-refractivity contribution in [1.82, 2.24) is 4.98 Å². The smallest absolute Gasteiger partial charge is 0.224 e. The molecule has 1 heterocycles. The second-order valence-electron chi connectivity index (χ2n) is 3.79. The van der Waals surface area contributed by atoms with E-state index in [2.05, 4.69) is 10.3 Å². The Labute approximate surface area is 95.6 Å². The molecule has 1 fully saturated rings. The fraction of sp³-hybridized carbons (Fsp3) is 0.400. The highest BCUT2D eigenvalue weighted by Gasteiger charge is 2.24. The molecule has 1 saturated carbocycles. The molecule has 1 N–H and O–H groups in total. The number of pyridine rings is 1. The standard InChI is InChI=1S/C10H12N2O3S/c13-9(6-7-3-4-7)12-8-2-1-5-11-10(8)16(14)15/h1-2,5,7H,3-4,6H2,(H,12,13)(H,14,15)/p-1. The number of hydrogen-bond donors (Lipinski definition) is 1. The summed E-state index contributed by atoms with van der Waals surface area (Å²) in [4.78, 5) is 15.2. The van der Waals surface area contributed by atoms with Crippen LogP contribution in [0.1, 0.15) is 19.3 Å². The lowest BCUT2D eigenvalue weighted by atomic mass is 10.3. The summed E-state index contributed by atoms with van der Waals surface area (Å²) in [6.45, 7) is 0. The molecule has 0 bridgehead atoms. The Balaban J connectivity index is 2.07. The van der Waals surface area contributed by atoms with E-state index in [-0.39, 0.29) is 16.6 Å². The van der Waals surface area contributed by atoms with Gasteiger partial charge in [0.05, 0.1) is 5.69 Å². The zero-order valence-corrected chi connectivity index (χ0v) is 9.33. The zero-order chi connectivity index (χ0) is 11.5. The molecule has 0 spiro atoms. The summed E-state index contributed by atoms with van der Waals surface area (Å²) in [7, 11) is 0. The van der Waals surface area contributed by atoms with Crippen LogP contribution in [0.2, 0.25) is 0 Å². The van der Waals surface area contributed by atoms with Gasteiger partial charge in [0.2, 0.25) is 5.91 Å². The number of hydrogen-bond acceptors (Lipinski definition) is 4. The van der Waals surface area contributed by atoms with Gasteiger partial charge < -0.3 is 9.87 Å². The molecule has 2 rings (SSSR count). The molecule has 1 atom stereocenters. The number of amides is 1. The summed E-state index contributed by atoms with van der Waals surface area (Å²) >= 11 is -2.43. The Hall–Kier alpha value is -1.27. The van der Waals surface area contributed by atoms with Crippen molar-refractivity contribution in [2.45, 2.75) is 24.3 Å². The number of aromatic nitrogens is 1. The van der Waals surface area contributed by atoms with Gasteiger partial charge in [0.15, 0.2) is 0 Å². The van der Waals surface area contributed by atoms with Gasteiger partial charge in [0.25, 0.3) is 0 Å². The largest absolute Gasteiger partial charge is 0.767 e. The third kappa shape index (κ3) is 2.86. The third-order valence-corrected chi connectivity index (χ3v) is 3.02.